The molecule has 2 aromatic rings. The lowest BCUT2D eigenvalue weighted by atomic mass is 10.2. The average molecular weight is 241 g/mol. The molecule has 0 saturated heterocycles. The van der Waals surface area contributed by atoms with E-state index in [1.165, 1.54) is 4.70 Å². The second kappa shape index (κ2) is 3.92. The molecule has 80 valence electrons. The number of rotatable bonds is 3. The van der Waals surface area contributed by atoms with E-state index in [1.54, 1.807) is 11.3 Å². The van der Waals surface area contributed by atoms with Crippen LogP contribution in [0.25, 0.3) is 10.1 Å². The van der Waals surface area contributed by atoms with E-state index in [0.29, 0.717) is 6.54 Å². The monoisotopic (exact) mass is 241 g/mol. The molecule has 0 radical (unpaired) electrons. The Bertz CT molecular complexity index is 572. The van der Waals surface area contributed by atoms with Gasteiger partial charge in [0.15, 0.2) is 0 Å². The molecule has 0 spiro atoms. The molecule has 1 heterocycles. The Morgan fingerprint density at radius 1 is 1.33 bits per heavy atom. The van der Waals surface area contributed by atoms with E-state index in [2.05, 4.69) is 4.72 Å². The zero-order chi connectivity index (χ0) is 10.9. The van der Waals surface area contributed by atoms with E-state index in [4.69, 9.17) is 0 Å². The fourth-order valence-electron chi connectivity index (χ4n) is 1.34. The van der Waals surface area contributed by atoms with Crippen molar-refractivity contribution in [3.8, 4) is 0 Å². The third-order valence-corrected chi connectivity index (χ3v) is 3.62. The Balaban J connectivity index is 2.21. The largest absolute Gasteiger partial charge is 0.213 e. The van der Waals surface area contributed by atoms with Gasteiger partial charge in [-0.05, 0) is 34.5 Å². The molecule has 15 heavy (non-hydrogen) atoms. The van der Waals surface area contributed by atoms with Crippen LogP contribution in [0.3, 0.4) is 0 Å². The van der Waals surface area contributed by atoms with Crippen molar-refractivity contribution >= 4 is 31.4 Å². The van der Waals surface area contributed by atoms with Gasteiger partial charge in [0.05, 0.1) is 6.26 Å². The van der Waals surface area contributed by atoms with Crippen LogP contribution in [0.1, 0.15) is 5.56 Å². The molecule has 0 unspecified atom stereocenters. The van der Waals surface area contributed by atoms with Crippen LogP contribution in [0, 0.1) is 0 Å². The van der Waals surface area contributed by atoms with Crippen LogP contribution in [0.15, 0.2) is 29.6 Å². The molecule has 0 amide bonds. The summed E-state index contributed by atoms with van der Waals surface area (Å²) in [5.41, 5.74) is 0.978. The summed E-state index contributed by atoms with van der Waals surface area (Å²) in [4.78, 5) is 0. The van der Waals surface area contributed by atoms with Crippen LogP contribution in [-0.4, -0.2) is 14.7 Å². The standard InChI is InChI=1S/C10H11NO2S2/c1-15(12,13)11-7-8-2-3-10-9(6-8)4-5-14-10/h2-6,11H,7H2,1H3. The number of thiophene rings is 1. The molecular weight excluding hydrogens is 230 g/mol. The first-order chi connectivity index (χ1) is 7.04. The van der Waals surface area contributed by atoms with Gasteiger partial charge in [-0.15, -0.1) is 11.3 Å². The van der Waals surface area contributed by atoms with Gasteiger partial charge in [-0.2, -0.15) is 0 Å². The minimum Gasteiger partial charge on any atom is -0.213 e. The van der Waals surface area contributed by atoms with Gasteiger partial charge in [-0.3, -0.25) is 0 Å². The summed E-state index contributed by atoms with van der Waals surface area (Å²) in [6.07, 6.45) is 1.16. The van der Waals surface area contributed by atoms with Crippen molar-refractivity contribution in [1.82, 2.24) is 4.72 Å². The lowest BCUT2D eigenvalue weighted by Gasteiger charge is -2.02. The van der Waals surface area contributed by atoms with E-state index in [-0.39, 0.29) is 0 Å². The molecule has 0 saturated carbocycles. The molecule has 0 aliphatic rings. The fraction of sp³-hybridized carbons (Fsp3) is 0.200. The van der Waals surface area contributed by atoms with Crippen molar-refractivity contribution < 1.29 is 8.42 Å². The van der Waals surface area contributed by atoms with Crippen molar-refractivity contribution in [2.24, 2.45) is 0 Å². The van der Waals surface area contributed by atoms with Crippen LogP contribution >= 0.6 is 11.3 Å². The summed E-state index contributed by atoms with van der Waals surface area (Å²) in [7, 11) is -3.11. The van der Waals surface area contributed by atoms with Crippen LogP contribution in [0.2, 0.25) is 0 Å². The van der Waals surface area contributed by atoms with Crippen LogP contribution in [0.5, 0.6) is 0 Å². The van der Waals surface area contributed by atoms with Gasteiger partial charge < -0.3 is 0 Å². The molecule has 3 nitrogen and oxygen atoms in total. The van der Waals surface area contributed by atoms with Gasteiger partial charge in [0.1, 0.15) is 0 Å². The molecule has 2 rings (SSSR count). The van der Waals surface area contributed by atoms with E-state index >= 15 is 0 Å². The highest BCUT2D eigenvalue weighted by Crippen LogP contribution is 2.21. The SMILES string of the molecule is CS(=O)(=O)NCc1ccc2sccc2c1. The van der Waals surface area contributed by atoms with Crippen LogP contribution < -0.4 is 4.72 Å². The first kappa shape index (κ1) is 10.6. The molecule has 0 bridgehead atoms. The Morgan fingerprint density at radius 3 is 2.87 bits per heavy atom. The Morgan fingerprint density at radius 2 is 2.13 bits per heavy atom. The second-order valence-electron chi connectivity index (χ2n) is 3.39. The van der Waals surface area contributed by atoms with Gasteiger partial charge in [0.2, 0.25) is 10.0 Å². The molecule has 0 aliphatic carbocycles. The molecule has 1 N–H and O–H groups in total. The maximum atomic E-state index is 10.9. The molecule has 0 atom stereocenters. The average Bonchev–Trinajstić information content (AvgIpc) is 2.60. The molecule has 0 aliphatic heterocycles. The smallest absolute Gasteiger partial charge is 0.209 e. The first-order valence-electron chi connectivity index (χ1n) is 4.45. The normalized spacial score (nSPS) is 12.1. The molecule has 0 fully saturated rings. The summed E-state index contributed by atoms with van der Waals surface area (Å²) in [6, 6.07) is 7.99. The number of fused-ring (bicyclic) bond motifs is 1. The predicted octanol–water partition coefficient (Wildman–Crippen LogP) is 1.95. The van der Waals surface area contributed by atoms with Gasteiger partial charge in [0, 0.05) is 11.2 Å². The topological polar surface area (TPSA) is 46.2 Å². The summed E-state index contributed by atoms with van der Waals surface area (Å²) in [5.74, 6) is 0. The van der Waals surface area contributed by atoms with Gasteiger partial charge in [-0.1, -0.05) is 6.07 Å². The molecule has 1 aromatic heterocycles. The van der Waals surface area contributed by atoms with E-state index < -0.39 is 10.0 Å². The summed E-state index contributed by atoms with van der Waals surface area (Å²) < 4.78 is 25.5. The van der Waals surface area contributed by atoms with E-state index in [9.17, 15) is 8.42 Å². The summed E-state index contributed by atoms with van der Waals surface area (Å²) in [5, 5.41) is 3.19. The Hall–Kier alpha value is -0.910. The van der Waals surface area contributed by atoms with Crippen molar-refractivity contribution in [2.75, 3.05) is 6.26 Å². The highest BCUT2D eigenvalue weighted by molar-refractivity contribution is 7.88. The second-order valence-corrected chi connectivity index (χ2v) is 6.17. The highest BCUT2D eigenvalue weighted by atomic mass is 32.2. The predicted molar refractivity (Wildman–Crippen MR) is 63.5 cm³/mol. The van der Waals surface area contributed by atoms with Crippen LogP contribution in [0.4, 0.5) is 0 Å². The maximum Gasteiger partial charge on any atom is 0.209 e. The third-order valence-electron chi connectivity index (χ3n) is 2.06. The molecule has 5 heteroatoms. The zero-order valence-electron chi connectivity index (χ0n) is 8.23. The number of hydrogen-bond donors (Lipinski definition) is 1. The summed E-state index contributed by atoms with van der Waals surface area (Å²) >= 11 is 1.68. The highest BCUT2D eigenvalue weighted by Gasteiger charge is 2.02. The van der Waals surface area contributed by atoms with Crippen molar-refractivity contribution in [3.05, 3.63) is 35.2 Å². The van der Waals surface area contributed by atoms with Gasteiger partial charge >= 0.3 is 0 Å². The number of hydrogen-bond acceptors (Lipinski definition) is 3. The summed E-state index contributed by atoms with van der Waals surface area (Å²) in [6.45, 7) is 0.352. The number of benzene rings is 1. The fourth-order valence-corrected chi connectivity index (χ4v) is 2.54. The lowest BCUT2D eigenvalue weighted by molar-refractivity contribution is 0.587. The maximum absolute atomic E-state index is 10.9. The molecule has 1 aromatic carbocycles. The molecular formula is C10H11NO2S2. The van der Waals surface area contributed by atoms with Gasteiger partial charge in [-0.25, -0.2) is 13.1 Å². The van der Waals surface area contributed by atoms with Crippen molar-refractivity contribution in [1.29, 1.82) is 0 Å². The van der Waals surface area contributed by atoms with Gasteiger partial charge in [0.25, 0.3) is 0 Å². The van der Waals surface area contributed by atoms with Crippen molar-refractivity contribution in [3.63, 3.8) is 0 Å². The number of nitrogens with one attached hydrogen (secondary N) is 1. The third kappa shape index (κ3) is 2.77. The minimum absolute atomic E-state index is 0.352. The first-order valence-corrected chi connectivity index (χ1v) is 7.22. The Kier molecular flexibility index (Phi) is 2.77. The number of sulfonamides is 1. The van der Waals surface area contributed by atoms with Crippen LogP contribution in [-0.2, 0) is 16.6 Å². The minimum atomic E-state index is -3.11. The van der Waals surface area contributed by atoms with Crippen molar-refractivity contribution in [2.45, 2.75) is 6.54 Å². The Labute approximate surface area is 92.8 Å². The quantitative estimate of drug-likeness (QED) is 0.892. The van der Waals surface area contributed by atoms with E-state index in [0.717, 1.165) is 17.2 Å². The van der Waals surface area contributed by atoms with E-state index in [1.807, 2.05) is 29.6 Å². The zero-order valence-corrected chi connectivity index (χ0v) is 9.86. The lowest BCUT2D eigenvalue weighted by Crippen LogP contribution is -2.21.